The van der Waals surface area contributed by atoms with E-state index in [0.717, 1.165) is 4.57 Å². The molecule has 1 unspecified atom stereocenters. The van der Waals surface area contributed by atoms with E-state index in [2.05, 4.69) is 10.2 Å². The Morgan fingerprint density at radius 2 is 2.04 bits per heavy atom. The first-order valence-corrected chi connectivity index (χ1v) is 8.27. The number of aryl methyl sites for hydroxylation is 1. The molecule has 0 saturated heterocycles. The van der Waals surface area contributed by atoms with E-state index in [4.69, 9.17) is 0 Å². The molecule has 1 atom stereocenters. The molecule has 0 bridgehead atoms. The number of aromatic hydroxyl groups is 1. The van der Waals surface area contributed by atoms with Gasteiger partial charge in [-0.25, -0.2) is 0 Å². The molecule has 0 aliphatic heterocycles. The van der Waals surface area contributed by atoms with Gasteiger partial charge in [-0.05, 0) is 32.8 Å². The Morgan fingerprint density at radius 1 is 1.37 bits per heavy atom. The molecule has 1 aromatic carbocycles. The third-order valence-electron chi connectivity index (χ3n) is 4.41. The largest absolute Gasteiger partial charge is 0.493 e. The summed E-state index contributed by atoms with van der Waals surface area (Å²) in [6.45, 7) is 6.79. The van der Waals surface area contributed by atoms with Crippen LogP contribution in [0.15, 0.2) is 33.2 Å². The predicted molar refractivity (Wildman–Crippen MR) is 98.8 cm³/mol. The van der Waals surface area contributed by atoms with Crippen molar-refractivity contribution in [2.75, 3.05) is 0 Å². The Labute approximate surface area is 155 Å². The van der Waals surface area contributed by atoms with Crippen LogP contribution in [0, 0.1) is 35.3 Å². The normalized spacial score (nSPS) is 12.1. The van der Waals surface area contributed by atoms with Crippen LogP contribution in [0.2, 0.25) is 0 Å². The minimum atomic E-state index is -0.579. The lowest BCUT2D eigenvalue weighted by atomic mass is 10.1. The van der Waals surface area contributed by atoms with Crippen molar-refractivity contribution in [2.45, 2.75) is 40.2 Å². The molecule has 0 aliphatic carbocycles. The van der Waals surface area contributed by atoms with Crippen LogP contribution in [0.3, 0.4) is 0 Å². The average molecular weight is 369 g/mol. The summed E-state index contributed by atoms with van der Waals surface area (Å²) in [7, 11) is 0. The molecule has 0 saturated carbocycles. The van der Waals surface area contributed by atoms with Crippen molar-refractivity contribution >= 4 is 17.1 Å². The number of hydrogen-bond acceptors (Lipinski definition) is 7. The van der Waals surface area contributed by atoms with Crippen LogP contribution >= 0.6 is 0 Å². The SMILES string of the molecule is CCC(C)n1c(O)c(C#N)c(C)c(N=Nc2cc([N+](=O)[O-])ccc2C)c1=O. The molecule has 9 heteroatoms. The fourth-order valence-electron chi connectivity index (χ4n) is 2.54. The molecule has 2 rings (SSSR count). The van der Waals surface area contributed by atoms with E-state index in [-0.39, 0.29) is 34.2 Å². The highest BCUT2D eigenvalue weighted by Crippen LogP contribution is 2.31. The molecular formula is C18H19N5O4. The molecule has 140 valence electrons. The zero-order valence-corrected chi connectivity index (χ0v) is 15.4. The van der Waals surface area contributed by atoms with Crippen LogP contribution in [0.25, 0.3) is 0 Å². The summed E-state index contributed by atoms with van der Waals surface area (Å²) >= 11 is 0. The Hall–Kier alpha value is -3.54. The van der Waals surface area contributed by atoms with Crippen molar-refractivity contribution < 1.29 is 10.0 Å². The Kier molecular flexibility index (Phi) is 5.70. The molecule has 2 aromatic rings. The molecule has 27 heavy (non-hydrogen) atoms. The van der Waals surface area contributed by atoms with E-state index >= 15 is 0 Å². The zero-order valence-electron chi connectivity index (χ0n) is 15.4. The van der Waals surface area contributed by atoms with E-state index in [1.54, 1.807) is 13.8 Å². The van der Waals surface area contributed by atoms with Gasteiger partial charge in [0.1, 0.15) is 11.6 Å². The highest BCUT2D eigenvalue weighted by atomic mass is 16.6. The molecule has 1 heterocycles. The van der Waals surface area contributed by atoms with Gasteiger partial charge >= 0.3 is 0 Å². The number of aromatic nitrogens is 1. The Balaban J connectivity index is 2.68. The van der Waals surface area contributed by atoms with Gasteiger partial charge in [-0.3, -0.25) is 19.5 Å². The van der Waals surface area contributed by atoms with Gasteiger partial charge in [0, 0.05) is 23.7 Å². The van der Waals surface area contributed by atoms with E-state index in [1.807, 2.05) is 13.0 Å². The zero-order chi connectivity index (χ0) is 20.3. The van der Waals surface area contributed by atoms with E-state index < -0.39 is 16.4 Å². The smallest absolute Gasteiger partial charge is 0.281 e. The molecule has 0 aliphatic rings. The van der Waals surface area contributed by atoms with E-state index in [1.165, 1.54) is 25.1 Å². The van der Waals surface area contributed by atoms with Crippen LogP contribution in [0.1, 0.15) is 43.0 Å². The summed E-state index contributed by atoms with van der Waals surface area (Å²) in [5, 5.41) is 38.5. The van der Waals surface area contributed by atoms with Crippen LogP contribution in [0.5, 0.6) is 5.88 Å². The number of non-ortho nitro benzene ring substituents is 1. The second kappa shape index (κ2) is 7.78. The third kappa shape index (κ3) is 3.69. The van der Waals surface area contributed by atoms with Gasteiger partial charge in [0.2, 0.25) is 5.88 Å². The molecule has 0 amide bonds. The maximum Gasteiger partial charge on any atom is 0.281 e. The number of nitriles is 1. The van der Waals surface area contributed by atoms with Gasteiger partial charge in [0.05, 0.1) is 10.6 Å². The van der Waals surface area contributed by atoms with Gasteiger partial charge in [0.15, 0.2) is 5.69 Å². The summed E-state index contributed by atoms with van der Waals surface area (Å²) in [5.74, 6) is -0.403. The van der Waals surface area contributed by atoms with E-state index in [0.29, 0.717) is 12.0 Å². The Bertz CT molecular complexity index is 1030. The predicted octanol–water partition coefficient (Wildman–Crippen LogP) is 4.34. The summed E-state index contributed by atoms with van der Waals surface area (Å²) in [4.78, 5) is 23.2. The monoisotopic (exact) mass is 369 g/mol. The van der Waals surface area contributed by atoms with Crippen LogP contribution in [-0.4, -0.2) is 14.6 Å². The number of hydrogen-bond donors (Lipinski definition) is 1. The van der Waals surface area contributed by atoms with E-state index in [9.17, 15) is 25.3 Å². The van der Waals surface area contributed by atoms with Crippen molar-refractivity contribution in [2.24, 2.45) is 10.2 Å². The molecule has 1 aromatic heterocycles. The van der Waals surface area contributed by atoms with Crippen molar-refractivity contribution in [3.63, 3.8) is 0 Å². The molecule has 1 N–H and O–H groups in total. The minimum Gasteiger partial charge on any atom is -0.493 e. The molecule has 9 nitrogen and oxygen atoms in total. The highest BCUT2D eigenvalue weighted by Gasteiger charge is 2.21. The quantitative estimate of drug-likeness (QED) is 0.475. The maximum atomic E-state index is 12.8. The number of pyridine rings is 1. The minimum absolute atomic E-state index is 0.0559. The van der Waals surface area contributed by atoms with Gasteiger partial charge in [0.25, 0.3) is 11.2 Å². The van der Waals surface area contributed by atoms with Gasteiger partial charge in [-0.2, -0.15) is 5.26 Å². The van der Waals surface area contributed by atoms with Crippen molar-refractivity contribution in [3.05, 3.63) is 55.4 Å². The first kappa shape index (κ1) is 19.8. The first-order chi connectivity index (χ1) is 12.7. The maximum absolute atomic E-state index is 12.8. The summed E-state index contributed by atoms with van der Waals surface area (Å²) < 4.78 is 1.11. The van der Waals surface area contributed by atoms with Crippen molar-refractivity contribution in [1.82, 2.24) is 4.57 Å². The van der Waals surface area contributed by atoms with Crippen molar-refractivity contribution in [3.8, 4) is 11.9 Å². The van der Waals surface area contributed by atoms with Crippen molar-refractivity contribution in [1.29, 1.82) is 5.26 Å². The molecule has 0 radical (unpaired) electrons. The number of nitro groups is 1. The standard InChI is InChI=1S/C18H19N5O4/c1-5-11(3)22-17(24)14(9-19)12(4)16(18(22)25)21-20-15-8-13(23(26)27)7-6-10(15)2/h6-8,11,24H,5H2,1-4H3. The lowest BCUT2D eigenvalue weighted by molar-refractivity contribution is -0.384. The molecule has 0 spiro atoms. The van der Waals surface area contributed by atoms with Gasteiger partial charge in [-0.1, -0.05) is 13.0 Å². The molecule has 0 fully saturated rings. The number of nitro benzene ring substituents is 1. The number of rotatable bonds is 5. The second-order valence-corrected chi connectivity index (χ2v) is 6.14. The average Bonchev–Trinajstić information content (AvgIpc) is 2.62. The fourth-order valence-corrected chi connectivity index (χ4v) is 2.54. The van der Waals surface area contributed by atoms with Crippen LogP contribution < -0.4 is 5.56 Å². The van der Waals surface area contributed by atoms with Crippen LogP contribution in [0.4, 0.5) is 17.1 Å². The summed E-state index contributed by atoms with van der Waals surface area (Å²) in [6.07, 6.45) is 0.558. The summed E-state index contributed by atoms with van der Waals surface area (Å²) in [6, 6.07) is 5.68. The summed E-state index contributed by atoms with van der Waals surface area (Å²) in [5.41, 5.74) is 0.215. The topological polar surface area (TPSA) is 134 Å². The first-order valence-electron chi connectivity index (χ1n) is 8.27. The second-order valence-electron chi connectivity index (χ2n) is 6.14. The number of azo groups is 1. The Morgan fingerprint density at radius 3 is 2.59 bits per heavy atom. The van der Waals surface area contributed by atoms with Gasteiger partial charge < -0.3 is 5.11 Å². The molecular weight excluding hydrogens is 350 g/mol. The highest BCUT2D eigenvalue weighted by molar-refractivity contribution is 5.58. The van der Waals surface area contributed by atoms with Crippen LogP contribution in [-0.2, 0) is 0 Å². The number of nitrogens with zero attached hydrogens (tertiary/aromatic N) is 5. The lowest BCUT2D eigenvalue weighted by Crippen LogP contribution is -2.24. The third-order valence-corrected chi connectivity index (χ3v) is 4.41. The lowest BCUT2D eigenvalue weighted by Gasteiger charge is -2.17. The van der Waals surface area contributed by atoms with Gasteiger partial charge in [-0.15, -0.1) is 10.2 Å². The fraction of sp³-hybridized carbons (Fsp3) is 0.333. The number of benzene rings is 1.